The van der Waals surface area contributed by atoms with E-state index in [1.54, 1.807) is 4.90 Å². The van der Waals surface area contributed by atoms with Gasteiger partial charge in [0.15, 0.2) is 5.60 Å². The number of aromatic nitrogens is 1. The Kier molecular flexibility index (Phi) is 3.62. The zero-order valence-electron chi connectivity index (χ0n) is 13.9. The summed E-state index contributed by atoms with van der Waals surface area (Å²) < 4.78 is 0. The molecule has 0 saturated carbocycles. The Morgan fingerprint density at radius 1 is 0.960 bits per heavy atom. The average molecular weight is 330 g/mol. The van der Waals surface area contributed by atoms with Crippen molar-refractivity contribution in [3.05, 3.63) is 89.7 Å². The van der Waals surface area contributed by atoms with Crippen molar-refractivity contribution >= 4 is 17.3 Å². The monoisotopic (exact) mass is 330 g/mol. The highest BCUT2D eigenvalue weighted by Gasteiger charge is 2.50. The molecule has 124 valence electrons. The fraction of sp³-hybridized carbons (Fsp3) is 0.143. The molecule has 3 aromatic rings. The van der Waals surface area contributed by atoms with E-state index in [4.69, 9.17) is 0 Å². The maximum absolute atomic E-state index is 13.2. The molecule has 1 atom stereocenters. The summed E-state index contributed by atoms with van der Waals surface area (Å²) in [5, 5.41) is 11.4. The minimum absolute atomic E-state index is 0.147. The molecule has 1 unspecified atom stereocenters. The molecule has 4 heteroatoms. The molecule has 2 aromatic carbocycles. The Morgan fingerprint density at radius 3 is 2.44 bits per heavy atom. The van der Waals surface area contributed by atoms with Gasteiger partial charge in [0, 0.05) is 29.1 Å². The van der Waals surface area contributed by atoms with Crippen molar-refractivity contribution in [1.82, 2.24) is 4.98 Å². The summed E-state index contributed by atoms with van der Waals surface area (Å²) in [6.07, 6.45) is 0.147. The minimum Gasteiger partial charge on any atom is -0.375 e. The molecular formula is C21H18N2O2. The Balaban J connectivity index is 1.82. The van der Waals surface area contributed by atoms with E-state index in [0.29, 0.717) is 16.9 Å². The summed E-state index contributed by atoms with van der Waals surface area (Å²) in [6.45, 7) is 1.90. The van der Waals surface area contributed by atoms with Gasteiger partial charge in [0.05, 0.1) is 5.69 Å². The summed E-state index contributed by atoms with van der Waals surface area (Å²) in [5.74, 6) is -0.344. The Morgan fingerprint density at radius 2 is 1.68 bits per heavy atom. The fourth-order valence-electron chi connectivity index (χ4n) is 3.39. The van der Waals surface area contributed by atoms with Gasteiger partial charge in [-0.1, -0.05) is 42.5 Å². The third-order valence-corrected chi connectivity index (χ3v) is 4.54. The number of rotatable bonds is 3. The Labute approximate surface area is 146 Å². The first-order chi connectivity index (χ1) is 12.1. The lowest BCUT2D eigenvalue weighted by atomic mass is 9.90. The van der Waals surface area contributed by atoms with Crippen molar-refractivity contribution in [2.75, 3.05) is 4.90 Å². The van der Waals surface area contributed by atoms with Gasteiger partial charge in [0.1, 0.15) is 0 Å². The average Bonchev–Trinajstić information content (AvgIpc) is 2.84. The van der Waals surface area contributed by atoms with Gasteiger partial charge in [0.2, 0.25) is 0 Å². The number of anilines is 2. The van der Waals surface area contributed by atoms with Crippen LogP contribution in [0.4, 0.5) is 11.4 Å². The lowest BCUT2D eigenvalue weighted by Gasteiger charge is -2.23. The van der Waals surface area contributed by atoms with Gasteiger partial charge >= 0.3 is 0 Å². The molecule has 0 spiro atoms. The number of hydrogen-bond donors (Lipinski definition) is 1. The van der Waals surface area contributed by atoms with Crippen LogP contribution >= 0.6 is 0 Å². The zero-order chi connectivity index (χ0) is 17.4. The Hall–Kier alpha value is -2.98. The molecule has 25 heavy (non-hydrogen) atoms. The van der Waals surface area contributed by atoms with Crippen LogP contribution in [-0.2, 0) is 16.8 Å². The van der Waals surface area contributed by atoms with Crippen LogP contribution < -0.4 is 4.90 Å². The molecule has 1 N–H and O–H groups in total. The predicted molar refractivity (Wildman–Crippen MR) is 96.6 cm³/mol. The molecule has 0 aliphatic carbocycles. The number of benzene rings is 2. The largest absolute Gasteiger partial charge is 0.375 e. The molecule has 0 saturated heterocycles. The van der Waals surface area contributed by atoms with E-state index >= 15 is 0 Å². The van der Waals surface area contributed by atoms with Gasteiger partial charge in [-0.3, -0.25) is 14.7 Å². The van der Waals surface area contributed by atoms with Crippen LogP contribution in [0.15, 0.2) is 72.8 Å². The van der Waals surface area contributed by atoms with Crippen molar-refractivity contribution in [1.29, 1.82) is 0 Å². The van der Waals surface area contributed by atoms with Gasteiger partial charge in [-0.15, -0.1) is 0 Å². The number of pyridine rings is 1. The highest BCUT2D eigenvalue weighted by atomic mass is 16.3. The molecule has 0 radical (unpaired) electrons. The predicted octanol–water partition coefficient (Wildman–Crippen LogP) is 3.50. The normalized spacial score (nSPS) is 19.1. The third-order valence-electron chi connectivity index (χ3n) is 4.54. The highest BCUT2D eigenvalue weighted by molar-refractivity contribution is 6.12. The summed E-state index contributed by atoms with van der Waals surface area (Å²) in [6, 6.07) is 22.4. The van der Waals surface area contributed by atoms with Crippen LogP contribution in [0.1, 0.15) is 17.0 Å². The molecule has 4 nitrogen and oxygen atoms in total. The smallest absolute Gasteiger partial charge is 0.268 e. The van der Waals surface area contributed by atoms with Gasteiger partial charge < -0.3 is 5.11 Å². The fourth-order valence-corrected chi connectivity index (χ4v) is 3.39. The summed E-state index contributed by atoms with van der Waals surface area (Å²) in [4.78, 5) is 19.3. The number of fused-ring (bicyclic) bond motifs is 1. The van der Waals surface area contributed by atoms with E-state index in [9.17, 15) is 9.90 Å². The van der Waals surface area contributed by atoms with Gasteiger partial charge in [-0.25, -0.2) is 0 Å². The summed E-state index contributed by atoms with van der Waals surface area (Å²) in [5.41, 5.74) is 2.02. The van der Waals surface area contributed by atoms with Crippen LogP contribution in [0.25, 0.3) is 0 Å². The van der Waals surface area contributed by atoms with Crippen LogP contribution in [0.3, 0.4) is 0 Å². The molecule has 1 amide bonds. The van der Waals surface area contributed by atoms with E-state index < -0.39 is 5.60 Å². The maximum atomic E-state index is 13.2. The van der Waals surface area contributed by atoms with Crippen molar-refractivity contribution in [3.8, 4) is 0 Å². The quantitative estimate of drug-likeness (QED) is 0.800. The van der Waals surface area contributed by atoms with E-state index in [-0.39, 0.29) is 12.3 Å². The maximum Gasteiger partial charge on any atom is 0.268 e. The van der Waals surface area contributed by atoms with Crippen LogP contribution in [0.2, 0.25) is 0 Å². The number of amides is 1. The molecule has 0 fully saturated rings. The molecule has 0 bridgehead atoms. The van der Waals surface area contributed by atoms with Crippen molar-refractivity contribution < 1.29 is 9.90 Å². The number of aliphatic hydroxyl groups is 1. The van der Waals surface area contributed by atoms with Crippen molar-refractivity contribution in [3.63, 3.8) is 0 Å². The van der Waals surface area contributed by atoms with E-state index in [1.807, 2.05) is 79.7 Å². The number of para-hydroxylation sites is 2. The Bertz CT molecular complexity index is 939. The second-order valence-corrected chi connectivity index (χ2v) is 6.30. The second-order valence-electron chi connectivity index (χ2n) is 6.30. The van der Waals surface area contributed by atoms with Gasteiger partial charge in [-0.05, 0) is 37.3 Å². The molecular weight excluding hydrogens is 312 g/mol. The van der Waals surface area contributed by atoms with E-state index in [1.165, 1.54) is 0 Å². The molecule has 1 aliphatic heterocycles. The van der Waals surface area contributed by atoms with E-state index in [2.05, 4.69) is 4.98 Å². The van der Waals surface area contributed by atoms with E-state index in [0.717, 1.165) is 11.4 Å². The topological polar surface area (TPSA) is 53.4 Å². The first kappa shape index (κ1) is 15.5. The SMILES string of the molecule is Cc1cccc(CC2(O)C(=O)N(c3ccccc3)c3ccccc32)n1. The zero-order valence-corrected chi connectivity index (χ0v) is 13.9. The first-order valence-corrected chi connectivity index (χ1v) is 8.23. The second kappa shape index (κ2) is 5.83. The summed E-state index contributed by atoms with van der Waals surface area (Å²) in [7, 11) is 0. The van der Waals surface area contributed by atoms with Crippen LogP contribution in [0.5, 0.6) is 0 Å². The first-order valence-electron chi connectivity index (χ1n) is 8.23. The lowest BCUT2D eigenvalue weighted by Crippen LogP contribution is -2.40. The van der Waals surface area contributed by atoms with Crippen LogP contribution in [-0.4, -0.2) is 16.0 Å². The molecule has 1 aromatic heterocycles. The number of hydrogen-bond acceptors (Lipinski definition) is 3. The molecule has 4 rings (SSSR count). The minimum atomic E-state index is -1.62. The molecule has 1 aliphatic rings. The number of carbonyl (C=O) groups excluding carboxylic acids is 1. The van der Waals surface area contributed by atoms with Crippen LogP contribution in [0, 0.1) is 6.92 Å². The van der Waals surface area contributed by atoms with Gasteiger partial charge in [0.25, 0.3) is 5.91 Å². The van der Waals surface area contributed by atoms with Gasteiger partial charge in [-0.2, -0.15) is 0 Å². The third kappa shape index (κ3) is 2.51. The number of nitrogens with zero attached hydrogens (tertiary/aromatic N) is 2. The standard InChI is InChI=1S/C21H18N2O2/c1-15-8-7-9-16(22-15)14-21(25)18-12-5-6-13-19(18)23(20(21)24)17-10-3-2-4-11-17/h2-13,25H,14H2,1H3. The highest BCUT2D eigenvalue weighted by Crippen LogP contribution is 2.45. The lowest BCUT2D eigenvalue weighted by molar-refractivity contribution is -0.135. The molecule has 2 heterocycles. The number of carbonyl (C=O) groups is 1. The summed E-state index contributed by atoms with van der Waals surface area (Å²) >= 11 is 0. The van der Waals surface area contributed by atoms with Crippen molar-refractivity contribution in [2.45, 2.75) is 18.9 Å². The number of aryl methyl sites for hydroxylation is 1. The van der Waals surface area contributed by atoms with Crippen molar-refractivity contribution in [2.24, 2.45) is 0 Å².